The molecule has 0 radical (unpaired) electrons. The highest BCUT2D eigenvalue weighted by Gasteiger charge is 2.32. The Morgan fingerprint density at radius 1 is 0.897 bits per heavy atom. The number of amides is 3. The molecule has 0 spiro atoms. The summed E-state index contributed by atoms with van der Waals surface area (Å²) < 4.78 is 5.60. The number of hydrogen-bond donors (Lipinski definition) is 3. The van der Waals surface area contributed by atoms with Gasteiger partial charge in [-0.15, -0.1) is 0 Å². The molecule has 0 unspecified atom stereocenters. The van der Waals surface area contributed by atoms with E-state index in [9.17, 15) is 19.2 Å². The van der Waals surface area contributed by atoms with Crippen molar-refractivity contribution in [2.24, 2.45) is 11.1 Å². The summed E-state index contributed by atoms with van der Waals surface area (Å²) in [6.45, 7) is 4.74. The fraction of sp³-hybridized carbons (Fsp3) is 0.290. The molecule has 39 heavy (non-hydrogen) atoms. The van der Waals surface area contributed by atoms with Crippen LogP contribution in [-0.4, -0.2) is 36.3 Å². The molecule has 0 aromatic heterocycles. The molecule has 4 N–H and O–H groups in total. The second-order valence-electron chi connectivity index (χ2n) is 10.5. The quantitative estimate of drug-likeness (QED) is 0.356. The van der Waals surface area contributed by atoms with Crippen molar-refractivity contribution >= 4 is 29.4 Å². The Labute approximate surface area is 227 Å². The largest absolute Gasteiger partial charge is 0.448 e. The maximum atomic E-state index is 12.9. The summed E-state index contributed by atoms with van der Waals surface area (Å²) in [7, 11) is 0. The highest BCUT2D eigenvalue weighted by molar-refractivity contribution is 5.93. The van der Waals surface area contributed by atoms with Crippen LogP contribution in [0, 0.1) is 5.41 Å². The number of carbonyl (C=O) groups excluding carboxylic acids is 4. The van der Waals surface area contributed by atoms with Gasteiger partial charge in [-0.2, -0.15) is 0 Å². The first kappa shape index (κ1) is 27.6. The van der Waals surface area contributed by atoms with Crippen LogP contribution < -0.4 is 16.4 Å². The van der Waals surface area contributed by atoms with E-state index in [1.807, 2.05) is 24.3 Å². The minimum absolute atomic E-state index is 0.0340. The average Bonchev–Trinajstić information content (AvgIpc) is 3.21. The van der Waals surface area contributed by atoms with Gasteiger partial charge in [-0.25, -0.2) is 4.79 Å². The number of anilines is 1. The molecule has 8 nitrogen and oxygen atoms in total. The number of ether oxygens (including phenoxy) is 1. The Bertz CT molecular complexity index is 1350. The van der Waals surface area contributed by atoms with Crippen LogP contribution in [0.5, 0.6) is 0 Å². The van der Waals surface area contributed by atoms with Gasteiger partial charge >= 0.3 is 6.09 Å². The Kier molecular flexibility index (Phi) is 8.14. The summed E-state index contributed by atoms with van der Waals surface area (Å²) >= 11 is 0. The summed E-state index contributed by atoms with van der Waals surface area (Å²) in [6.07, 6.45) is -0.419. The summed E-state index contributed by atoms with van der Waals surface area (Å²) in [6, 6.07) is 22.4. The van der Waals surface area contributed by atoms with Crippen molar-refractivity contribution in [3.8, 4) is 11.1 Å². The van der Waals surface area contributed by atoms with Crippen LogP contribution in [0.1, 0.15) is 49.8 Å². The highest BCUT2D eigenvalue weighted by Crippen LogP contribution is 2.44. The zero-order chi connectivity index (χ0) is 28.2. The lowest BCUT2D eigenvalue weighted by Crippen LogP contribution is -2.44. The van der Waals surface area contributed by atoms with Gasteiger partial charge in [-0.3, -0.25) is 19.7 Å². The van der Waals surface area contributed by atoms with Crippen LogP contribution in [0.2, 0.25) is 0 Å². The lowest BCUT2D eigenvalue weighted by Gasteiger charge is -2.24. The van der Waals surface area contributed by atoms with E-state index >= 15 is 0 Å². The highest BCUT2D eigenvalue weighted by atomic mass is 16.5. The number of ketones is 1. The summed E-state index contributed by atoms with van der Waals surface area (Å²) in [4.78, 5) is 48.8. The number of Topliss-reactive ketones (excluding diaryl/α,β-unsaturated/α-hetero) is 1. The normalized spacial score (nSPS) is 13.1. The molecule has 0 heterocycles. The van der Waals surface area contributed by atoms with Gasteiger partial charge in [-0.1, -0.05) is 74.5 Å². The fourth-order valence-electron chi connectivity index (χ4n) is 4.85. The number of hydrogen-bond acceptors (Lipinski definition) is 5. The average molecular weight is 528 g/mol. The number of nitrogens with one attached hydrogen (secondary N) is 2. The van der Waals surface area contributed by atoms with Gasteiger partial charge in [0.05, 0.1) is 11.5 Å². The van der Waals surface area contributed by atoms with Gasteiger partial charge in [0.25, 0.3) is 0 Å². The van der Waals surface area contributed by atoms with Gasteiger partial charge in [0.15, 0.2) is 5.78 Å². The van der Waals surface area contributed by atoms with Gasteiger partial charge < -0.3 is 15.8 Å². The van der Waals surface area contributed by atoms with Crippen LogP contribution >= 0.6 is 0 Å². The first-order valence-corrected chi connectivity index (χ1v) is 12.9. The van der Waals surface area contributed by atoms with Crippen molar-refractivity contribution in [2.45, 2.75) is 45.6 Å². The molecule has 1 aliphatic carbocycles. The third kappa shape index (κ3) is 6.52. The maximum Gasteiger partial charge on any atom is 0.411 e. The zero-order valence-corrected chi connectivity index (χ0v) is 22.3. The second kappa shape index (κ2) is 11.5. The molecule has 8 heteroatoms. The number of carbonyl (C=O) groups is 4. The van der Waals surface area contributed by atoms with Crippen LogP contribution in [0.3, 0.4) is 0 Å². The fourth-order valence-corrected chi connectivity index (χ4v) is 4.85. The van der Waals surface area contributed by atoms with Crippen molar-refractivity contribution in [2.75, 3.05) is 11.9 Å². The first-order chi connectivity index (χ1) is 18.5. The van der Waals surface area contributed by atoms with Crippen LogP contribution in [-0.2, 0) is 25.5 Å². The first-order valence-electron chi connectivity index (χ1n) is 12.9. The van der Waals surface area contributed by atoms with Gasteiger partial charge in [-0.05, 0) is 46.4 Å². The van der Waals surface area contributed by atoms with E-state index in [1.165, 1.54) is 6.92 Å². The molecule has 4 rings (SSSR count). The Hall–Kier alpha value is -4.46. The lowest BCUT2D eigenvalue weighted by molar-refractivity contribution is -0.133. The number of primary amides is 1. The lowest BCUT2D eigenvalue weighted by atomic mass is 9.84. The van der Waals surface area contributed by atoms with Crippen molar-refractivity contribution in [1.29, 1.82) is 0 Å². The van der Waals surface area contributed by atoms with Crippen LogP contribution in [0.4, 0.5) is 10.5 Å². The molecular weight excluding hydrogens is 494 g/mol. The molecule has 202 valence electrons. The third-order valence-corrected chi connectivity index (χ3v) is 7.03. The molecule has 0 saturated carbocycles. The van der Waals surface area contributed by atoms with Gasteiger partial charge in [0.2, 0.25) is 11.8 Å². The van der Waals surface area contributed by atoms with E-state index in [0.717, 1.165) is 27.8 Å². The monoisotopic (exact) mass is 527 g/mol. The van der Waals surface area contributed by atoms with Crippen molar-refractivity contribution in [3.63, 3.8) is 0 Å². The molecule has 3 aromatic carbocycles. The molecule has 0 bridgehead atoms. The van der Waals surface area contributed by atoms with E-state index in [1.54, 1.807) is 38.1 Å². The van der Waals surface area contributed by atoms with E-state index in [2.05, 4.69) is 34.9 Å². The summed E-state index contributed by atoms with van der Waals surface area (Å²) in [5, 5.41) is 5.41. The molecule has 3 aromatic rings. The molecule has 0 aliphatic heterocycles. The van der Waals surface area contributed by atoms with Crippen molar-refractivity contribution in [1.82, 2.24) is 5.32 Å². The standard InChI is InChI=1S/C31H33N3O5/c1-19(35)33-27(28(36)17-31(2,3)29(32)37)16-20-12-14-21(15-13-20)34-30(38)39-18-26-24-10-6-4-8-22(24)23-9-5-7-11-25(23)26/h4-15,26-27H,16-18H2,1-3H3,(H2,32,37)(H,33,35)(H,34,38)/t27-/m0/s1. The van der Waals surface area contributed by atoms with Gasteiger partial charge in [0.1, 0.15) is 6.61 Å². The van der Waals surface area contributed by atoms with Crippen molar-refractivity contribution < 1.29 is 23.9 Å². The third-order valence-electron chi connectivity index (χ3n) is 7.03. The van der Waals surface area contributed by atoms with E-state index in [-0.39, 0.29) is 37.1 Å². The minimum Gasteiger partial charge on any atom is -0.448 e. The SMILES string of the molecule is CC(=O)N[C@@H](Cc1ccc(NC(=O)OCC2c3ccccc3-c3ccccc32)cc1)C(=O)CC(C)(C)C(N)=O. The molecule has 0 fully saturated rings. The second-order valence-corrected chi connectivity index (χ2v) is 10.5. The van der Waals surface area contributed by atoms with E-state index in [0.29, 0.717) is 5.69 Å². The summed E-state index contributed by atoms with van der Waals surface area (Å²) in [5.74, 6) is -1.25. The number of fused-ring (bicyclic) bond motifs is 3. The predicted molar refractivity (Wildman–Crippen MR) is 149 cm³/mol. The van der Waals surface area contributed by atoms with Gasteiger partial charge in [0, 0.05) is 24.9 Å². The Morgan fingerprint density at radius 3 is 2.00 bits per heavy atom. The predicted octanol–water partition coefficient (Wildman–Crippen LogP) is 4.57. The number of rotatable bonds is 10. The molecular formula is C31H33N3O5. The number of nitrogens with two attached hydrogens (primary N) is 1. The molecule has 1 aliphatic rings. The van der Waals surface area contributed by atoms with Crippen LogP contribution in [0.25, 0.3) is 11.1 Å². The zero-order valence-electron chi connectivity index (χ0n) is 22.3. The smallest absolute Gasteiger partial charge is 0.411 e. The minimum atomic E-state index is -1.02. The molecule has 0 saturated heterocycles. The molecule has 1 atom stereocenters. The summed E-state index contributed by atoms with van der Waals surface area (Å²) in [5.41, 5.74) is 10.3. The Morgan fingerprint density at radius 2 is 1.46 bits per heavy atom. The van der Waals surface area contributed by atoms with Crippen LogP contribution in [0.15, 0.2) is 72.8 Å². The van der Waals surface area contributed by atoms with Crippen molar-refractivity contribution in [3.05, 3.63) is 89.5 Å². The number of benzene rings is 3. The maximum absolute atomic E-state index is 12.9. The van der Waals surface area contributed by atoms with E-state index in [4.69, 9.17) is 10.5 Å². The Balaban J connectivity index is 1.36. The topological polar surface area (TPSA) is 128 Å². The van der Waals surface area contributed by atoms with E-state index < -0.39 is 23.5 Å². The molecule has 3 amide bonds.